The molecular formula is C14H22FNO2. The van der Waals surface area contributed by atoms with Gasteiger partial charge in [0, 0.05) is 18.2 Å². The second-order valence-electron chi connectivity index (χ2n) is 4.23. The second kappa shape index (κ2) is 7.34. The molecule has 3 nitrogen and oxygen atoms in total. The van der Waals surface area contributed by atoms with E-state index >= 15 is 0 Å². The number of hydrogen-bond acceptors (Lipinski definition) is 3. The van der Waals surface area contributed by atoms with Crippen molar-refractivity contribution in [1.82, 2.24) is 4.90 Å². The third-order valence-electron chi connectivity index (χ3n) is 2.99. The molecule has 1 N–H and O–H groups in total. The molecule has 0 saturated carbocycles. The number of aliphatic hydroxyl groups excluding tert-OH is 1. The fraction of sp³-hybridized carbons (Fsp3) is 0.571. The van der Waals surface area contributed by atoms with Crippen LogP contribution in [0.4, 0.5) is 4.39 Å². The van der Waals surface area contributed by atoms with Crippen LogP contribution in [0.1, 0.15) is 32.4 Å². The van der Waals surface area contributed by atoms with Crippen LogP contribution in [0, 0.1) is 5.82 Å². The number of rotatable bonds is 7. The maximum atomic E-state index is 13.6. The summed E-state index contributed by atoms with van der Waals surface area (Å²) in [6.45, 7) is 9.06. The van der Waals surface area contributed by atoms with Crippen LogP contribution < -0.4 is 4.74 Å². The Kier molecular flexibility index (Phi) is 6.09. The molecule has 0 aliphatic carbocycles. The maximum absolute atomic E-state index is 13.6. The Labute approximate surface area is 108 Å². The molecule has 1 aromatic carbocycles. The lowest BCUT2D eigenvalue weighted by Crippen LogP contribution is -2.27. The number of hydrogen-bond donors (Lipinski definition) is 1. The molecule has 0 amide bonds. The number of halogens is 1. The van der Waals surface area contributed by atoms with Crippen molar-refractivity contribution in [3.05, 3.63) is 29.6 Å². The molecule has 0 spiro atoms. The molecule has 1 atom stereocenters. The molecule has 4 heteroatoms. The predicted octanol–water partition coefficient (Wildman–Crippen LogP) is 2.60. The molecule has 0 heterocycles. The van der Waals surface area contributed by atoms with Gasteiger partial charge in [0.2, 0.25) is 0 Å². The van der Waals surface area contributed by atoms with E-state index in [9.17, 15) is 9.50 Å². The molecule has 1 unspecified atom stereocenters. The summed E-state index contributed by atoms with van der Waals surface area (Å²) in [7, 11) is 0. The van der Waals surface area contributed by atoms with Crippen LogP contribution in [0.3, 0.4) is 0 Å². The van der Waals surface area contributed by atoms with Crippen LogP contribution in [0.25, 0.3) is 0 Å². The summed E-state index contributed by atoms with van der Waals surface area (Å²) in [5, 5.41) is 9.32. The number of aliphatic hydroxyl groups is 1. The zero-order valence-electron chi connectivity index (χ0n) is 11.3. The molecule has 0 bridgehead atoms. The van der Waals surface area contributed by atoms with Crippen molar-refractivity contribution in [2.45, 2.75) is 26.9 Å². The summed E-state index contributed by atoms with van der Waals surface area (Å²) in [5.41, 5.74) is 0.297. The minimum atomic E-state index is -0.797. The van der Waals surface area contributed by atoms with E-state index in [0.717, 1.165) is 19.6 Å². The van der Waals surface area contributed by atoms with Gasteiger partial charge in [-0.2, -0.15) is 0 Å². The lowest BCUT2D eigenvalue weighted by molar-refractivity contribution is 0.193. The Hall–Kier alpha value is -1.13. The van der Waals surface area contributed by atoms with Gasteiger partial charge < -0.3 is 14.7 Å². The number of likely N-dealkylation sites (N-methyl/N-ethyl adjacent to an activating group) is 1. The van der Waals surface area contributed by atoms with Crippen molar-refractivity contribution < 1.29 is 14.2 Å². The highest BCUT2D eigenvalue weighted by Gasteiger charge is 2.09. The lowest BCUT2D eigenvalue weighted by atomic mass is 10.1. The van der Waals surface area contributed by atoms with Gasteiger partial charge in [0.1, 0.15) is 18.2 Å². The predicted molar refractivity (Wildman–Crippen MR) is 70.3 cm³/mol. The number of benzene rings is 1. The van der Waals surface area contributed by atoms with Crippen molar-refractivity contribution in [2.75, 3.05) is 26.2 Å². The highest BCUT2D eigenvalue weighted by atomic mass is 19.1. The fourth-order valence-corrected chi connectivity index (χ4v) is 1.77. The van der Waals surface area contributed by atoms with Crippen molar-refractivity contribution in [3.8, 4) is 5.75 Å². The Morgan fingerprint density at radius 3 is 2.50 bits per heavy atom. The SMILES string of the molecule is CCN(CC)CCOc1ccc(C(C)O)c(F)c1. The van der Waals surface area contributed by atoms with E-state index in [1.807, 2.05) is 0 Å². The highest BCUT2D eigenvalue weighted by molar-refractivity contribution is 5.29. The van der Waals surface area contributed by atoms with Crippen LogP contribution in [-0.2, 0) is 0 Å². The van der Waals surface area contributed by atoms with Crippen molar-refractivity contribution in [2.24, 2.45) is 0 Å². The Morgan fingerprint density at radius 2 is 2.00 bits per heavy atom. The van der Waals surface area contributed by atoms with Crippen LogP contribution in [0.15, 0.2) is 18.2 Å². The van der Waals surface area contributed by atoms with Gasteiger partial charge in [-0.05, 0) is 32.1 Å². The summed E-state index contributed by atoms with van der Waals surface area (Å²) in [6.07, 6.45) is -0.797. The summed E-state index contributed by atoms with van der Waals surface area (Å²) in [5.74, 6) is 0.0781. The molecule has 1 aromatic rings. The molecular weight excluding hydrogens is 233 g/mol. The van der Waals surface area contributed by atoms with Gasteiger partial charge in [-0.15, -0.1) is 0 Å². The van der Waals surface area contributed by atoms with E-state index in [1.165, 1.54) is 6.07 Å². The van der Waals surface area contributed by atoms with Crippen LogP contribution in [0.2, 0.25) is 0 Å². The van der Waals surface area contributed by atoms with Crippen LogP contribution in [0.5, 0.6) is 5.75 Å². The quantitative estimate of drug-likeness (QED) is 0.813. The lowest BCUT2D eigenvalue weighted by Gasteiger charge is -2.18. The van der Waals surface area contributed by atoms with Crippen molar-refractivity contribution in [1.29, 1.82) is 0 Å². The number of ether oxygens (including phenoxy) is 1. The summed E-state index contributed by atoms with van der Waals surface area (Å²) in [6, 6.07) is 4.57. The Balaban J connectivity index is 2.51. The largest absolute Gasteiger partial charge is 0.492 e. The summed E-state index contributed by atoms with van der Waals surface area (Å²) < 4.78 is 19.1. The third kappa shape index (κ3) is 4.27. The summed E-state index contributed by atoms with van der Waals surface area (Å²) in [4.78, 5) is 2.24. The monoisotopic (exact) mass is 255 g/mol. The first-order valence-electron chi connectivity index (χ1n) is 6.41. The van der Waals surface area contributed by atoms with E-state index in [4.69, 9.17) is 4.74 Å². The van der Waals surface area contributed by atoms with Gasteiger partial charge in [0.25, 0.3) is 0 Å². The third-order valence-corrected chi connectivity index (χ3v) is 2.99. The second-order valence-corrected chi connectivity index (χ2v) is 4.23. The van der Waals surface area contributed by atoms with Crippen LogP contribution in [-0.4, -0.2) is 36.2 Å². The molecule has 0 saturated heterocycles. The van der Waals surface area contributed by atoms with Gasteiger partial charge in [-0.1, -0.05) is 13.8 Å². The first-order chi connectivity index (χ1) is 8.58. The van der Waals surface area contributed by atoms with E-state index in [-0.39, 0.29) is 0 Å². The zero-order valence-corrected chi connectivity index (χ0v) is 11.3. The smallest absolute Gasteiger partial charge is 0.132 e. The van der Waals surface area contributed by atoms with Gasteiger partial charge >= 0.3 is 0 Å². The minimum absolute atomic E-state index is 0.297. The number of nitrogens with zero attached hydrogens (tertiary/aromatic N) is 1. The van der Waals surface area contributed by atoms with Gasteiger partial charge in [-0.3, -0.25) is 0 Å². The molecule has 102 valence electrons. The van der Waals surface area contributed by atoms with Crippen molar-refractivity contribution in [3.63, 3.8) is 0 Å². The molecule has 0 radical (unpaired) electrons. The van der Waals surface area contributed by atoms with Gasteiger partial charge in [0.05, 0.1) is 6.10 Å². The van der Waals surface area contributed by atoms with Crippen LogP contribution >= 0.6 is 0 Å². The maximum Gasteiger partial charge on any atom is 0.132 e. The molecule has 0 aromatic heterocycles. The minimum Gasteiger partial charge on any atom is -0.492 e. The topological polar surface area (TPSA) is 32.7 Å². The highest BCUT2D eigenvalue weighted by Crippen LogP contribution is 2.21. The molecule has 0 aliphatic heterocycles. The standard InChI is InChI=1S/C14H22FNO2/c1-4-16(5-2)8-9-18-12-6-7-13(11(3)17)14(15)10-12/h6-7,10-11,17H,4-5,8-9H2,1-3H3. The van der Waals surface area contributed by atoms with E-state index in [2.05, 4.69) is 18.7 Å². The molecule has 18 heavy (non-hydrogen) atoms. The molecule has 0 aliphatic rings. The van der Waals surface area contributed by atoms with E-state index in [0.29, 0.717) is 17.9 Å². The van der Waals surface area contributed by atoms with Gasteiger partial charge in [-0.25, -0.2) is 4.39 Å². The molecule has 1 rings (SSSR count). The van der Waals surface area contributed by atoms with Gasteiger partial charge in [0.15, 0.2) is 0 Å². The van der Waals surface area contributed by atoms with Crippen molar-refractivity contribution >= 4 is 0 Å². The molecule has 0 fully saturated rings. The summed E-state index contributed by atoms with van der Waals surface area (Å²) >= 11 is 0. The zero-order chi connectivity index (χ0) is 13.5. The average Bonchev–Trinajstić information content (AvgIpc) is 2.34. The average molecular weight is 255 g/mol. The Bertz CT molecular complexity index is 365. The normalized spacial score (nSPS) is 12.8. The Morgan fingerprint density at radius 1 is 1.33 bits per heavy atom. The fourth-order valence-electron chi connectivity index (χ4n) is 1.77. The van der Waals surface area contributed by atoms with E-state index in [1.54, 1.807) is 19.1 Å². The first-order valence-corrected chi connectivity index (χ1v) is 6.41. The first kappa shape index (κ1) is 14.9. The van der Waals surface area contributed by atoms with E-state index < -0.39 is 11.9 Å².